The van der Waals surface area contributed by atoms with Gasteiger partial charge in [0.1, 0.15) is 18.1 Å². The van der Waals surface area contributed by atoms with Crippen molar-refractivity contribution >= 4 is 52.3 Å². The van der Waals surface area contributed by atoms with Gasteiger partial charge in [0.15, 0.2) is 0 Å². The number of carbonyl (C=O) groups excluding carboxylic acids is 4. The average molecular weight is 551 g/mol. The van der Waals surface area contributed by atoms with Gasteiger partial charge in [-0.05, 0) is 36.5 Å². The quantitative estimate of drug-likeness (QED) is 0.122. The molecule has 208 valence electrons. The summed E-state index contributed by atoms with van der Waals surface area (Å²) in [4.78, 5) is 64.0. The molecule has 2 aromatic rings. The molecule has 2 rings (SSSR count). The van der Waals surface area contributed by atoms with Crippen LogP contribution in [-0.2, 0) is 30.4 Å². The summed E-state index contributed by atoms with van der Waals surface area (Å²) in [5, 5.41) is 27.5. The number of hydrogen-bond donors (Lipinski definition) is 8. The highest BCUT2D eigenvalue weighted by Crippen LogP contribution is 2.19. The van der Waals surface area contributed by atoms with E-state index in [4.69, 9.17) is 11.5 Å². The van der Waals surface area contributed by atoms with Crippen LogP contribution < -0.4 is 27.4 Å². The zero-order valence-corrected chi connectivity index (χ0v) is 21.8. The summed E-state index contributed by atoms with van der Waals surface area (Å²) < 4.78 is 0. The van der Waals surface area contributed by atoms with Crippen molar-refractivity contribution in [2.75, 3.05) is 18.6 Å². The molecule has 4 unspecified atom stereocenters. The Morgan fingerprint density at radius 3 is 2.24 bits per heavy atom. The summed E-state index contributed by atoms with van der Waals surface area (Å²) in [5.41, 5.74) is 12.3. The number of aliphatic hydroxyl groups is 1. The van der Waals surface area contributed by atoms with Crippen molar-refractivity contribution in [2.45, 2.75) is 49.9 Å². The van der Waals surface area contributed by atoms with E-state index in [2.05, 4.69) is 20.9 Å². The van der Waals surface area contributed by atoms with E-state index < -0.39 is 60.4 Å². The van der Waals surface area contributed by atoms with Crippen LogP contribution in [0.25, 0.3) is 10.9 Å². The smallest absolute Gasteiger partial charge is 0.326 e. The van der Waals surface area contributed by atoms with Gasteiger partial charge in [-0.25, -0.2) is 4.79 Å². The van der Waals surface area contributed by atoms with Gasteiger partial charge in [-0.1, -0.05) is 18.2 Å². The normalized spacial score (nSPS) is 14.2. The van der Waals surface area contributed by atoms with Crippen LogP contribution in [0.5, 0.6) is 0 Å². The lowest BCUT2D eigenvalue weighted by molar-refractivity contribution is -0.142. The number of aromatic amines is 1. The molecule has 0 spiro atoms. The van der Waals surface area contributed by atoms with Crippen molar-refractivity contribution in [1.29, 1.82) is 0 Å². The Morgan fingerprint density at radius 2 is 1.61 bits per heavy atom. The number of carboxylic acids is 1. The first-order chi connectivity index (χ1) is 18.1. The number of nitrogens with one attached hydrogen (secondary N) is 4. The molecule has 0 bridgehead atoms. The molecule has 0 fully saturated rings. The van der Waals surface area contributed by atoms with Gasteiger partial charge in [-0.3, -0.25) is 19.2 Å². The maximum Gasteiger partial charge on any atom is 0.326 e. The lowest BCUT2D eigenvalue weighted by Gasteiger charge is -2.24. The number of fused-ring (bicyclic) bond motifs is 1. The summed E-state index contributed by atoms with van der Waals surface area (Å²) in [7, 11) is 0. The fourth-order valence-corrected chi connectivity index (χ4v) is 4.14. The monoisotopic (exact) mass is 550 g/mol. The molecule has 4 atom stereocenters. The summed E-state index contributed by atoms with van der Waals surface area (Å²) in [6.45, 7) is -0.807. The molecule has 4 amide bonds. The van der Waals surface area contributed by atoms with Crippen molar-refractivity contribution in [3.8, 4) is 0 Å². The lowest BCUT2D eigenvalue weighted by atomic mass is 10.0. The number of nitrogens with two attached hydrogens (primary N) is 2. The average Bonchev–Trinajstić information content (AvgIpc) is 3.29. The number of aromatic nitrogens is 1. The molecule has 1 heterocycles. The highest BCUT2D eigenvalue weighted by Gasteiger charge is 2.30. The molecule has 0 aliphatic heterocycles. The standard InChI is InChI=1S/C24H34N6O7S/c1-38-9-8-17(28-21(33)15(25)6-7-20(26)32)22(34)30-19(12-31)23(35)29-18(24(36)37)10-13-11-27-16-5-3-2-4-14(13)16/h2-5,11,15,17-19,27,31H,6-10,12,25H2,1H3,(H2,26,32)(H,28,33)(H,29,35)(H,30,34)(H,36,37). The fourth-order valence-electron chi connectivity index (χ4n) is 3.67. The van der Waals surface area contributed by atoms with Crippen LogP contribution in [-0.4, -0.2) is 87.6 Å². The van der Waals surface area contributed by atoms with Crippen LogP contribution in [0.3, 0.4) is 0 Å². The summed E-state index contributed by atoms with van der Waals surface area (Å²) in [6.07, 6.45) is 3.51. The Kier molecular flexibility index (Phi) is 12.0. The van der Waals surface area contributed by atoms with Crippen LogP contribution in [0.4, 0.5) is 0 Å². The van der Waals surface area contributed by atoms with Crippen LogP contribution in [0.1, 0.15) is 24.8 Å². The van der Waals surface area contributed by atoms with Crippen LogP contribution in [0.2, 0.25) is 0 Å². The third-order valence-electron chi connectivity index (χ3n) is 5.81. The number of primary amides is 1. The minimum Gasteiger partial charge on any atom is -0.480 e. The molecular weight excluding hydrogens is 516 g/mol. The van der Waals surface area contributed by atoms with Crippen molar-refractivity contribution in [3.63, 3.8) is 0 Å². The van der Waals surface area contributed by atoms with Gasteiger partial charge in [0.05, 0.1) is 12.6 Å². The summed E-state index contributed by atoms with van der Waals surface area (Å²) in [6, 6.07) is 2.33. The van der Waals surface area contributed by atoms with Gasteiger partial charge in [0.2, 0.25) is 23.6 Å². The number of carbonyl (C=O) groups is 5. The number of para-hydroxylation sites is 1. The Bertz CT molecular complexity index is 1140. The zero-order chi connectivity index (χ0) is 28.2. The summed E-state index contributed by atoms with van der Waals surface area (Å²) in [5.74, 6) is -3.76. The number of aliphatic carboxylic acids is 1. The van der Waals surface area contributed by atoms with E-state index in [0.717, 1.165) is 10.9 Å². The van der Waals surface area contributed by atoms with Crippen molar-refractivity contribution in [3.05, 3.63) is 36.0 Å². The molecular formula is C24H34N6O7S. The molecule has 1 aromatic heterocycles. The fraction of sp³-hybridized carbons (Fsp3) is 0.458. The highest BCUT2D eigenvalue weighted by atomic mass is 32.2. The largest absolute Gasteiger partial charge is 0.480 e. The van der Waals surface area contributed by atoms with Gasteiger partial charge in [-0.2, -0.15) is 11.8 Å². The van der Waals surface area contributed by atoms with Gasteiger partial charge in [0, 0.05) is 29.9 Å². The number of amides is 4. The Labute approximate surface area is 223 Å². The minimum absolute atomic E-state index is 0.00723. The summed E-state index contributed by atoms with van der Waals surface area (Å²) >= 11 is 1.42. The van der Waals surface area contributed by atoms with E-state index >= 15 is 0 Å². The maximum atomic E-state index is 12.9. The first-order valence-electron chi connectivity index (χ1n) is 11.9. The molecule has 0 radical (unpaired) electrons. The zero-order valence-electron chi connectivity index (χ0n) is 20.9. The third kappa shape index (κ3) is 9.04. The molecule has 0 aliphatic rings. The second-order valence-corrected chi connectivity index (χ2v) is 9.65. The number of H-pyrrole nitrogens is 1. The van der Waals surface area contributed by atoms with E-state index in [9.17, 15) is 34.2 Å². The second kappa shape index (κ2) is 15.0. The second-order valence-electron chi connectivity index (χ2n) is 8.66. The molecule has 1 aromatic carbocycles. The Hall–Kier alpha value is -3.62. The number of carboxylic acid groups (broad SMARTS) is 1. The first-order valence-corrected chi connectivity index (χ1v) is 13.3. The molecule has 38 heavy (non-hydrogen) atoms. The van der Waals surface area contributed by atoms with Crippen LogP contribution in [0.15, 0.2) is 30.5 Å². The first kappa shape index (κ1) is 30.6. The van der Waals surface area contributed by atoms with E-state index in [-0.39, 0.29) is 25.7 Å². The predicted molar refractivity (Wildman–Crippen MR) is 142 cm³/mol. The number of aliphatic hydroxyl groups excluding tert-OH is 1. The van der Waals surface area contributed by atoms with Gasteiger partial charge < -0.3 is 42.6 Å². The minimum atomic E-state index is -1.47. The number of benzene rings is 1. The predicted octanol–water partition coefficient (Wildman–Crippen LogP) is -1.41. The number of hydrogen-bond acceptors (Lipinski definition) is 8. The molecule has 0 aliphatic carbocycles. The van der Waals surface area contributed by atoms with E-state index in [1.165, 1.54) is 11.8 Å². The molecule has 10 N–H and O–H groups in total. The number of rotatable bonds is 16. The van der Waals surface area contributed by atoms with E-state index in [0.29, 0.717) is 11.3 Å². The van der Waals surface area contributed by atoms with Crippen molar-refractivity contribution < 1.29 is 34.2 Å². The van der Waals surface area contributed by atoms with Crippen LogP contribution >= 0.6 is 11.8 Å². The van der Waals surface area contributed by atoms with Crippen LogP contribution in [0, 0.1) is 0 Å². The molecule has 14 heteroatoms. The molecule has 13 nitrogen and oxygen atoms in total. The van der Waals surface area contributed by atoms with E-state index in [1.54, 1.807) is 12.5 Å². The maximum absolute atomic E-state index is 12.9. The molecule has 0 saturated carbocycles. The number of thioether (sulfide) groups is 1. The Morgan fingerprint density at radius 1 is 0.974 bits per heavy atom. The van der Waals surface area contributed by atoms with Crippen molar-refractivity contribution in [1.82, 2.24) is 20.9 Å². The van der Waals surface area contributed by atoms with Gasteiger partial charge in [-0.15, -0.1) is 0 Å². The third-order valence-corrected chi connectivity index (χ3v) is 6.46. The van der Waals surface area contributed by atoms with E-state index in [1.807, 2.05) is 24.3 Å². The molecule has 0 saturated heterocycles. The Balaban J connectivity index is 2.06. The SMILES string of the molecule is CSCCC(NC(=O)C(N)CCC(N)=O)C(=O)NC(CO)C(=O)NC(Cc1c[nH]c2ccccc12)C(=O)O. The highest BCUT2D eigenvalue weighted by molar-refractivity contribution is 7.98. The lowest BCUT2D eigenvalue weighted by Crippen LogP contribution is -2.58. The topological polar surface area (TPSA) is 230 Å². The van der Waals surface area contributed by atoms with Crippen molar-refractivity contribution in [2.24, 2.45) is 11.5 Å². The van der Waals surface area contributed by atoms with Gasteiger partial charge in [0.25, 0.3) is 0 Å². The van der Waals surface area contributed by atoms with Gasteiger partial charge >= 0.3 is 5.97 Å².